The summed E-state index contributed by atoms with van der Waals surface area (Å²) in [6.45, 7) is 0. The molecule has 0 bridgehead atoms. The minimum absolute atomic E-state index is 0.0206. The van der Waals surface area contributed by atoms with Crippen LogP contribution in [0.3, 0.4) is 0 Å². The van der Waals surface area contributed by atoms with Gasteiger partial charge in [-0.25, -0.2) is 0 Å². The van der Waals surface area contributed by atoms with Gasteiger partial charge >= 0.3 is 0 Å². The molecular formula is C10H8BrN3O2. The van der Waals surface area contributed by atoms with Gasteiger partial charge in [-0.2, -0.15) is 5.10 Å². The highest BCUT2D eigenvalue weighted by Crippen LogP contribution is 2.25. The summed E-state index contributed by atoms with van der Waals surface area (Å²) in [6.07, 6.45) is 3.74. The first-order chi connectivity index (χ1) is 7.74. The zero-order chi connectivity index (χ0) is 11.5. The van der Waals surface area contributed by atoms with Crippen LogP contribution in [0.5, 0.6) is 0 Å². The summed E-state index contributed by atoms with van der Waals surface area (Å²) in [5.41, 5.74) is 1.19. The second-order valence-electron chi connectivity index (χ2n) is 3.12. The molecule has 0 saturated carbocycles. The first-order valence-electron chi connectivity index (χ1n) is 4.58. The van der Waals surface area contributed by atoms with Crippen LogP contribution in [0.2, 0.25) is 0 Å². The van der Waals surface area contributed by atoms with Crippen LogP contribution in [-0.4, -0.2) is 20.5 Å². The van der Waals surface area contributed by atoms with E-state index in [0.29, 0.717) is 5.52 Å². The zero-order valence-electron chi connectivity index (χ0n) is 8.18. The van der Waals surface area contributed by atoms with Gasteiger partial charge in [-0.15, -0.1) is 0 Å². The number of allylic oxidation sites excluding steroid dienone is 1. The highest BCUT2D eigenvalue weighted by molar-refractivity contribution is 9.09. The Morgan fingerprint density at radius 1 is 1.56 bits per heavy atom. The maximum atomic E-state index is 10.8. The number of aromatic nitrogens is 2. The van der Waals surface area contributed by atoms with Crippen LogP contribution in [0.15, 0.2) is 24.3 Å². The van der Waals surface area contributed by atoms with Crippen molar-refractivity contribution in [2.24, 2.45) is 0 Å². The number of nitrogens with zero attached hydrogens (tertiary/aromatic N) is 2. The van der Waals surface area contributed by atoms with Gasteiger partial charge in [0.2, 0.25) is 0 Å². The van der Waals surface area contributed by atoms with Gasteiger partial charge in [-0.1, -0.05) is 34.1 Å². The fourth-order valence-corrected chi connectivity index (χ4v) is 1.67. The van der Waals surface area contributed by atoms with Crippen molar-refractivity contribution in [3.8, 4) is 0 Å². The predicted molar refractivity (Wildman–Crippen MR) is 65.6 cm³/mol. The number of H-pyrrole nitrogens is 1. The molecule has 6 heteroatoms. The molecule has 1 aromatic carbocycles. The summed E-state index contributed by atoms with van der Waals surface area (Å²) < 4.78 is 0. The van der Waals surface area contributed by atoms with E-state index in [0.717, 1.165) is 16.4 Å². The van der Waals surface area contributed by atoms with Gasteiger partial charge in [-0.3, -0.25) is 15.2 Å². The van der Waals surface area contributed by atoms with E-state index < -0.39 is 4.92 Å². The van der Waals surface area contributed by atoms with E-state index in [-0.39, 0.29) is 5.69 Å². The van der Waals surface area contributed by atoms with Crippen molar-refractivity contribution >= 4 is 38.6 Å². The molecule has 0 aliphatic heterocycles. The Labute approximate surface area is 99.4 Å². The molecule has 0 radical (unpaired) electrons. The lowest BCUT2D eigenvalue weighted by molar-refractivity contribution is -0.383. The third-order valence-corrected chi connectivity index (χ3v) is 2.54. The number of nitro groups is 1. The lowest BCUT2D eigenvalue weighted by atomic mass is 10.2. The number of halogens is 1. The number of nitrogens with one attached hydrogen (secondary N) is 1. The maximum Gasteiger partial charge on any atom is 0.297 e. The van der Waals surface area contributed by atoms with Gasteiger partial charge in [0.15, 0.2) is 5.52 Å². The van der Waals surface area contributed by atoms with Crippen molar-refractivity contribution in [3.63, 3.8) is 0 Å². The van der Waals surface area contributed by atoms with Gasteiger partial charge < -0.3 is 0 Å². The van der Waals surface area contributed by atoms with E-state index in [1.165, 1.54) is 6.07 Å². The second-order valence-corrected chi connectivity index (χ2v) is 3.77. The number of rotatable bonds is 3. The second kappa shape index (κ2) is 4.44. The normalized spacial score (nSPS) is 11.3. The highest BCUT2D eigenvalue weighted by Gasteiger charge is 2.15. The van der Waals surface area contributed by atoms with Crippen LogP contribution in [-0.2, 0) is 0 Å². The molecule has 0 saturated heterocycles. The van der Waals surface area contributed by atoms with Crippen molar-refractivity contribution < 1.29 is 4.92 Å². The fourth-order valence-electron chi connectivity index (χ4n) is 1.48. The Kier molecular flexibility index (Phi) is 3.00. The molecule has 1 N–H and O–H groups in total. The monoisotopic (exact) mass is 281 g/mol. The Bertz CT molecular complexity index is 562. The summed E-state index contributed by atoms with van der Waals surface area (Å²) in [7, 11) is 0. The van der Waals surface area contributed by atoms with E-state index in [9.17, 15) is 10.1 Å². The van der Waals surface area contributed by atoms with Gasteiger partial charge in [-0.05, 0) is 6.08 Å². The first-order valence-corrected chi connectivity index (χ1v) is 5.70. The predicted octanol–water partition coefficient (Wildman–Crippen LogP) is 2.88. The fraction of sp³-hybridized carbons (Fsp3) is 0.100. The molecule has 1 heterocycles. The lowest BCUT2D eigenvalue weighted by Crippen LogP contribution is -1.88. The third kappa shape index (κ3) is 1.83. The number of non-ortho nitro benzene ring substituents is 1. The van der Waals surface area contributed by atoms with Crippen LogP contribution >= 0.6 is 15.9 Å². The molecule has 0 spiro atoms. The van der Waals surface area contributed by atoms with E-state index in [1.807, 2.05) is 12.2 Å². The Hall–Kier alpha value is -1.69. The quantitative estimate of drug-likeness (QED) is 0.534. The van der Waals surface area contributed by atoms with Crippen molar-refractivity contribution in [1.82, 2.24) is 10.2 Å². The molecule has 0 amide bonds. The van der Waals surface area contributed by atoms with Crippen LogP contribution in [0.1, 0.15) is 5.69 Å². The van der Waals surface area contributed by atoms with Crippen molar-refractivity contribution in [3.05, 3.63) is 40.1 Å². The molecule has 16 heavy (non-hydrogen) atoms. The topological polar surface area (TPSA) is 71.8 Å². The number of alkyl halides is 1. The molecule has 2 rings (SSSR count). The average Bonchev–Trinajstić information content (AvgIpc) is 2.69. The van der Waals surface area contributed by atoms with Crippen LogP contribution in [0.4, 0.5) is 5.69 Å². The van der Waals surface area contributed by atoms with E-state index >= 15 is 0 Å². The molecular weight excluding hydrogens is 274 g/mol. The molecule has 0 fully saturated rings. The number of fused-ring (bicyclic) bond motifs is 1. The standard InChI is InChI=1S/C10H8BrN3O2/c11-6-2-4-8-7-3-1-5-9(14(15)16)10(7)13-12-8/h1-5H,6H2,(H,12,13). The van der Waals surface area contributed by atoms with Crippen LogP contribution in [0, 0.1) is 10.1 Å². The van der Waals surface area contributed by atoms with Crippen molar-refractivity contribution in [2.45, 2.75) is 0 Å². The number of nitro benzene ring substituents is 1. The smallest absolute Gasteiger partial charge is 0.277 e. The number of hydrogen-bond donors (Lipinski definition) is 1. The largest absolute Gasteiger partial charge is 0.297 e. The minimum atomic E-state index is -0.429. The summed E-state index contributed by atoms with van der Waals surface area (Å²) in [6, 6.07) is 4.91. The number of aromatic amines is 1. The van der Waals surface area contributed by atoms with Crippen molar-refractivity contribution in [1.29, 1.82) is 0 Å². The summed E-state index contributed by atoms with van der Waals surface area (Å²) >= 11 is 3.27. The van der Waals surface area contributed by atoms with Crippen LogP contribution < -0.4 is 0 Å². The number of hydrogen-bond acceptors (Lipinski definition) is 3. The molecule has 0 aliphatic rings. The molecule has 0 atom stereocenters. The molecule has 5 nitrogen and oxygen atoms in total. The maximum absolute atomic E-state index is 10.8. The zero-order valence-corrected chi connectivity index (χ0v) is 9.77. The molecule has 1 aromatic heterocycles. The summed E-state index contributed by atoms with van der Waals surface area (Å²) in [4.78, 5) is 10.3. The third-order valence-electron chi connectivity index (χ3n) is 2.16. The molecule has 0 aliphatic carbocycles. The number of para-hydroxylation sites is 1. The van der Waals surface area contributed by atoms with E-state index in [1.54, 1.807) is 12.1 Å². The number of benzene rings is 1. The van der Waals surface area contributed by atoms with Crippen LogP contribution in [0.25, 0.3) is 17.0 Å². The minimum Gasteiger partial charge on any atom is -0.277 e. The first kappa shape index (κ1) is 10.8. The Balaban J connectivity index is 2.61. The molecule has 82 valence electrons. The van der Waals surface area contributed by atoms with Gasteiger partial charge in [0.1, 0.15) is 0 Å². The van der Waals surface area contributed by atoms with Gasteiger partial charge in [0.05, 0.1) is 10.6 Å². The summed E-state index contributed by atoms with van der Waals surface area (Å²) in [5, 5.41) is 19.0. The highest BCUT2D eigenvalue weighted by atomic mass is 79.9. The summed E-state index contributed by atoms with van der Waals surface area (Å²) in [5.74, 6) is 0. The van der Waals surface area contributed by atoms with Gasteiger partial charge in [0.25, 0.3) is 5.69 Å². The SMILES string of the molecule is O=[N+]([O-])c1cccc2c(C=CCBr)[nH]nc12. The molecule has 0 unspecified atom stereocenters. The Morgan fingerprint density at radius 3 is 3.06 bits per heavy atom. The van der Waals surface area contributed by atoms with E-state index in [4.69, 9.17) is 0 Å². The van der Waals surface area contributed by atoms with Crippen molar-refractivity contribution in [2.75, 3.05) is 5.33 Å². The lowest BCUT2D eigenvalue weighted by Gasteiger charge is -1.92. The Morgan fingerprint density at radius 2 is 2.38 bits per heavy atom. The van der Waals surface area contributed by atoms with Gasteiger partial charge in [0, 0.05) is 16.8 Å². The van der Waals surface area contributed by atoms with E-state index in [2.05, 4.69) is 26.1 Å². The molecule has 2 aromatic rings. The average molecular weight is 282 g/mol.